The molecular formula is C13H11BrO2. The van der Waals surface area contributed by atoms with E-state index in [9.17, 15) is 4.79 Å². The summed E-state index contributed by atoms with van der Waals surface area (Å²) in [5.41, 5.74) is 1.07. The second-order valence-corrected chi connectivity index (χ2v) is 4.64. The Bertz CT molecular complexity index is 534. The lowest BCUT2D eigenvalue weighted by Gasteiger charge is -2.02. The van der Waals surface area contributed by atoms with Crippen molar-refractivity contribution in [3.05, 3.63) is 46.4 Å². The van der Waals surface area contributed by atoms with Crippen LogP contribution in [0.4, 0.5) is 0 Å². The van der Waals surface area contributed by atoms with Crippen LogP contribution in [-0.2, 0) is 11.2 Å². The van der Waals surface area contributed by atoms with Crippen molar-refractivity contribution in [3.63, 3.8) is 0 Å². The van der Waals surface area contributed by atoms with E-state index in [1.54, 1.807) is 0 Å². The zero-order chi connectivity index (χ0) is 11.5. The number of aryl methyl sites for hydroxylation is 1. The van der Waals surface area contributed by atoms with Gasteiger partial charge in [-0.15, -0.1) is 0 Å². The SMILES string of the molecule is O=C(O)CCc1ccc2cc(Br)ccc2c1. The predicted molar refractivity (Wildman–Crippen MR) is 67.6 cm³/mol. The van der Waals surface area contributed by atoms with Crippen LogP contribution >= 0.6 is 15.9 Å². The van der Waals surface area contributed by atoms with E-state index in [1.807, 2.05) is 30.3 Å². The minimum Gasteiger partial charge on any atom is -0.481 e. The molecule has 0 amide bonds. The Hall–Kier alpha value is -1.35. The summed E-state index contributed by atoms with van der Waals surface area (Å²) >= 11 is 3.42. The zero-order valence-corrected chi connectivity index (χ0v) is 10.2. The molecule has 1 N–H and O–H groups in total. The number of carboxylic acids is 1. The van der Waals surface area contributed by atoms with Crippen LogP contribution in [-0.4, -0.2) is 11.1 Å². The maximum absolute atomic E-state index is 10.5. The molecular weight excluding hydrogens is 268 g/mol. The van der Waals surface area contributed by atoms with Gasteiger partial charge in [0.05, 0.1) is 0 Å². The van der Waals surface area contributed by atoms with Gasteiger partial charge in [0.15, 0.2) is 0 Å². The van der Waals surface area contributed by atoms with Crippen LogP contribution in [0.5, 0.6) is 0 Å². The molecule has 2 rings (SSSR count). The summed E-state index contributed by atoms with van der Waals surface area (Å²) in [5, 5.41) is 10.9. The highest BCUT2D eigenvalue weighted by molar-refractivity contribution is 9.10. The smallest absolute Gasteiger partial charge is 0.303 e. The molecule has 16 heavy (non-hydrogen) atoms. The number of rotatable bonds is 3. The van der Waals surface area contributed by atoms with Crippen LogP contribution < -0.4 is 0 Å². The molecule has 2 nitrogen and oxygen atoms in total. The Labute approximate surface area is 102 Å². The fourth-order valence-corrected chi connectivity index (χ4v) is 2.05. The van der Waals surface area contributed by atoms with Crippen molar-refractivity contribution < 1.29 is 9.90 Å². The molecule has 0 aliphatic carbocycles. The molecule has 3 heteroatoms. The average Bonchev–Trinajstić information content (AvgIpc) is 2.26. The van der Waals surface area contributed by atoms with Crippen LogP contribution in [0.3, 0.4) is 0 Å². The molecule has 0 spiro atoms. The number of fused-ring (bicyclic) bond motifs is 1. The van der Waals surface area contributed by atoms with Gasteiger partial charge in [-0.05, 0) is 34.9 Å². The Morgan fingerprint density at radius 1 is 1.12 bits per heavy atom. The molecule has 0 saturated heterocycles. The summed E-state index contributed by atoms with van der Waals surface area (Å²) in [7, 11) is 0. The molecule has 0 heterocycles. The standard InChI is InChI=1S/C13H11BrO2/c14-12-5-4-10-7-9(2-6-13(15)16)1-3-11(10)8-12/h1,3-5,7-8H,2,6H2,(H,15,16). The Kier molecular flexibility index (Phi) is 3.25. The van der Waals surface area contributed by atoms with Crippen LogP contribution in [0.1, 0.15) is 12.0 Å². The monoisotopic (exact) mass is 278 g/mol. The number of benzene rings is 2. The number of carbonyl (C=O) groups is 1. The van der Waals surface area contributed by atoms with Gasteiger partial charge in [-0.25, -0.2) is 0 Å². The zero-order valence-electron chi connectivity index (χ0n) is 8.61. The van der Waals surface area contributed by atoms with E-state index >= 15 is 0 Å². The first-order chi connectivity index (χ1) is 7.65. The first kappa shape index (κ1) is 11.1. The second-order valence-electron chi connectivity index (χ2n) is 3.72. The summed E-state index contributed by atoms with van der Waals surface area (Å²) in [6, 6.07) is 12.1. The maximum Gasteiger partial charge on any atom is 0.303 e. The number of hydrogen-bond acceptors (Lipinski definition) is 1. The highest BCUT2D eigenvalue weighted by Crippen LogP contribution is 2.21. The maximum atomic E-state index is 10.5. The molecule has 0 aliphatic heterocycles. The lowest BCUT2D eigenvalue weighted by atomic mass is 10.0. The summed E-state index contributed by atoms with van der Waals surface area (Å²) in [6.45, 7) is 0. The van der Waals surface area contributed by atoms with Crippen LogP contribution in [0.25, 0.3) is 10.8 Å². The Balaban J connectivity index is 2.30. The molecule has 0 radical (unpaired) electrons. The molecule has 82 valence electrons. The number of halogens is 1. The first-order valence-electron chi connectivity index (χ1n) is 5.05. The summed E-state index contributed by atoms with van der Waals surface area (Å²) in [5.74, 6) is -0.754. The third-order valence-electron chi connectivity index (χ3n) is 2.49. The first-order valence-corrected chi connectivity index (χ1v) is 5.84. The lowest BCUT2D eigenvalue weighted by molar-refractivity contribution is -0.136. The van der Waals surface area contributed by atoms with Crippen molar-refractivity contribution in [1.29, 1.82) is 0 Å². The van der Waals surface area contributed by atoms with Gasteiger partial charge in [0.2, 0.25) is 0 Å². The lowest BCUT2D eigenvalue weighted by Crippen LogP contribution is -1.97. The van der Waals surface area contributed by atoms with Gasteiger partial charge < -0.3 is 5.11 Å². The minimum absolute atomic E-state index is 0.183. The number of hydrogen-bond donors (Lipinski definition) is 1. The van der Waals surface area contributed by atoms with Gasteiger partial charge in [-0.3, -0.25) is 4.79 Å². The van der Waals surface area contributed by atoms with Gasteiger partial charge in [0.25, 0.3) is 0 Å². The van der Waals surface area contributed by atoms with E-state index in [2.05, 4.69) is 22.0 Å². The van der Waals surface area contributed by atoms with Gasteiger partial charge in [-0.1, -0.05) is 40.2 Å². The summed E-state index contributed by atoms with van der Waals surface area (Å²) in [4.78, 5) is 10.5. The van der Waals surface area contributed by atoms with Crippen molar-refractivity contribution in [2.24, 2.45) is 0 Å². The van der Waals surface area contributed by atoms with Crippen LogP contribution in [0.2, 0.25) is 0 Å². The largest absolute Gasteiger partial charge is 0.481 e. The summed E-state index contributed by atoms with van der Waals surface area (Å²) < 4.78 is 1.05. The van der Waals surface area contributed by atoms with Crippen molar-refractivity contribution in [1.82, 2.24) is 0 Å². The van der Waals surface area contributed by atoms with Crippen LogP contribution in [0, 0.1) is 0 Å². The van der Waals surface area contributed by atoms with Crippen molar-refractivity contribution in [2.45, 2.75) is 12.8 Å². The van der Waals surface area contributed by atoms with Gasteiger partial charge in [0.1, 0.15) is 0 Å². The quantitative estimate of drug-likeness (QED) is 0.931. The van der Waals surface area contributed by atoms with E-state index in [1.165, 1.54) is 0 Å². The van der Waals surface area contributed by atoms with Crippen molar-refractivity contribution >= 4 is 32.7 Å². The molecule has 0 saturated carbocycles. The molecule has 0 fully saturated rings. The van der Waals surface area contributed by atoms with E-state index in [-0.39, 0.29) is 6.42 Å². The molecule has 0 atom stereocenters. The highest BCUT2D eigenvalue weighted by atomic mass is 79.9. The Morgan fingerprint density at radius 3 is 2.56 bits per heavy atom. The van der Waals surface area contributed by atoms with E-state index in [4.69, 9.17) is 5.11 Å². The van der Waals surface area contributed by atoms with E-state index in [0.29, 0.717) is 6.42 Å². The minimum atomic E-state index is -0.754. The van der Waals surface area contributed by atoms with E-state index < -0.39 is 5.97 Å². The topological polar surface area (TPSA) is 37.3 Å². The number of carboxylic acid groups (broad SMARTS) is 1. The average molecular weight is 279 g/mol. The highest BCUT2D eigenvalue weighted by Gasteiger charge is 2.01. The van der Waals surface area contributed by atoms with Crippen molar-refractivity contribution in [3.8, 4) is 0 Å². The Morgan fingerprint density at radius 2 is 1.81 bits per heavy atom. The fourth-order valence-electron chi connectivity index (χ4n) is 1.67. The molecule has 2 aromatic rings. The second kappa shape index (κ2) is 4.66. The molecule has 0 aliphatic rings. The third kappa shape index (κ3) is 2.61. The van der Waals surface area contributed by atoms with Crippen molar-refractivity contribution in [2.75, 3.05) is 0 Å². The molecule has 2 aromatic carbocycles. The van der Waals surface area contributed by atoms with Gasteiger partial charge in [0, 0.05) is 10.9 Å². The van der Waals surface area contributed by atoms with E-state index in [0.717, 1.165) is 20.8 Å². The molecule has 0 aromatic heterocycles. The normalized spacial score (nSPS) is 10.6. The molecule has 0 unspecified atom stereocenters. The van der Waals surface area contributed by atoms with Gasteiger partial charge in [-0.2, -0.15) is 0 Å². The third-order valence-corrected chi connectivity index (χ3v) is 2.99. The van der Waals surface area contributed by atoms with Crippen LogP contribution in [0.15, 0.2) is 40.9 Å². The van der Waals surface area contributed by atoms with Gasteiger partial charge >= 0.3 is 5.97 Å². The predicted octanol–water partition coefficient (Wildman–Crippen LogP) is 3.62. The number of aliphatic carboxylic acids is 1. The fraction of sp³-hybridized carbons (Fsp3) is 0.154. The summed E-state index contributed by atoms with van der Waals surface area (Å²) in [6.07, 6.45) is 0.767. The molecule has 0 bridgehead atoms.